The van der Waals surface area contributed by atoms with Crippen molar-refractivity contribution in [1.29, 1.82) is 0 Å². The fraction of sp³-hybridized carbons (Fsp3) is 0.421. The Kier molecular flexibility index (Phi) is 5.60. The molecule has 4 nitrogen and oxygen atoms in total. The van der Waals surface area contributed by atoms with Gasteiger partial charge in [0.05, 0.1) is 11.7 Å². The summed E-state index contributed by atoms with van der Waals surface area (Å²) in [7, 11) is 0. The molecule has 0 radical (unpaired) electrons. The number of benzene rings is 1. The summed E-state index contributed by atoms with van der Waals surface area (Å²) in [5.74, 6) is -0.502. The van der Waals surface area contributed by atoms with Crippen molar-refractivity contribution >= 4 is 5.82 Å². The van der Waals surface area contributed by atoms with E-state index < -0.39 is 23.8 Å². The standard InChI is InChI=1S/C19H23F2N3O/c1-13(19(25)18-15(20)5-4-6-16(18)21)22-11-14-7-8-17(23-12-14)24-9-2-3-10-24/h4-8,12-13,19,22,25H,2-3,9-11H2,1H3/t13-,19+/m1/s1. The minimum atomic E-state index is -1.27. The quantitative estimate of drug-likeness (QED) is 0.843. The molecule has 0 saturated carbocycles. The van der Waals surface area contributed by atoms with E-state index in [1.54, 1.807) is 13.1 Å². The Morgan fingerprint density at radius 1 is 1.16 bits per heavy atom. The summed E-state index contributed by atoms with van der Waals surface area (Å²) < 4.78 is 27.5. The highest BCUT2D eigenvalue weighted by atomic mass is 19.1. The van der Waals surface area contributed by atoms with Crippen LogP contribution in [-0.4, -0.2) is 29.2 Å². The molecule has 1 aromatic carbocycles. The van der Waals surface area contributed by atoms with Gasteiger partial charge in [-0.1, -0.05) is 12.1 Å². The number of rotatable bonds is 6. The zero-order valence-electron chi connectivity index (χ0n) is 14.3. The Morgan fingerprint density at radius 2 is 1.84 bits per heavy atom. The third-order valence-corrected chi connectivity index (χ3v) is 4.64. The molecule has 2 atom stereocenters. The van der Waals surface area contributed by atoms with Crippen molar-refractivity contribution in [3.8, 4) is 0 Å². The molecular weight excluding hydrogens is 324 g/mol. The lowest BCUT2D eigenvalue weighted by atomic mass is 10.0. The molecule has 1 aromatic heterocycles. The molecule has 1 aliphatic heterocycles. The van der Waals surface area contributed by atoms with Crippen LogP contribution in [0, 0.1) is 11.6 Å². The number of pyridine rings is 1. The number of aliphatic hydroxyl groups excluding tert-OH is 1. The van der Waals surface area contributed by atoms with Gasteiger partial charge in [0, 0.05) is 31.9 Å². The van der Waals surface area contributed by atoms with Crippen LogP contribution in [-0.2, 0) is 6.54 Å². The van der Waals surface area contributed by atoms with E-state index in [4.69, 9.17) is 0 Å². The van der Waals surface area contributed by atoms with Crippen LogP contribution in [0.15, 0.2) is 36.5 Å². The van der Waals surface area contributed by atoms with E-state index in [-0.39, 0.29) is 5.56 Å². The predicted octanol–water partition coefficient (Wildman–Crippen LogP) is 3.17. The third kappa shape index (κ3) is 4.14. The molecule has 3 rings (SSSR count). The maximum atomic E-state index is 13.8. The maximum absolute atomic E-state index is 13.8. The van der Waals surface area contributed by atoms with Crippen molar-refractivity contribution < 1.29 is 13.9 Å². The van der Waals surface area contributed by atoms with Crippen molar-refractivity contribution in [1.82, 2.24) is 10.3 Å². The predicted molar refractivity (Wildman–Crippen MR) is 93.3 cm³/mol. The average molecular weight is 347 g/mol. The largest absolute Gasteiger partial charge is 0.387 e. The van der Waals surface area contributed by atoms with Gasteiger partial charge in [0.1, 0.15) is 17.5 Å². The van der Waals surface area contributed by atoms with E-state index >= 15 is 0 Å². The van der Waals surface area contributed by atoms with Gasteiger partial charge in [-0.05, 0) is 43.5 Å². The summed E-state index contributed by atoms with van der Waals surface area (Å²) in [6.07, 6.45) is 2.93. The van der Waals surface area contributed by atoms with Gasteiger partial charge in [0.15, 0.2) is 0 Å². The molecule has 1 saturated heterocycles. The minimum absolute atomic E-state index is 0.301. The number of nitrogens with zero attached hydrogens (tertiary/aromatic N) is 2. The van der Waals surface area contributed by atoms with Crippen molar-refractivity contribution in [2.24, 2.45) is 0 Å². The number of halogens is 2. The molecule has 1 fully saturated rings. The van der Waals surface area contributed by atoms with E-state index in [1.807, 2.05) is 12.1 Å². The van der Waals surface area contributed by atoms with Gasteiger partial charge in [-0.25, -0.2) is 13.8 Å². The first-order valence-electron chi connectivity index (χ1n) is 8.61. The van der Waals surface area contributed by atoms with Gasteiger partial charge in [0.25, 0.3) is 0 Å². The highest BCUT2D eigenvalue weighted by Crippen LogP contribution is 2.23. The highest BCUT2D eigenvalue weighted by molar-refractivity contribution is 5.40. The number of nitrogens with one attached hydrogen (secondary N) is 1. The first-order chi connectivity index (χ1) is 12.1. The molecule has 0 amide bonds. The second-order valence-electron chi connectivity index (χ2n) is 6.47. The molecule has 0 bridgehead atoms. The maximum Gasteiger partial charge on any atom is 0.132 e. The number of anilines is 1. The smallest absolute Gasteiger partial charge is 0.132 e. The van der Waals surface area contributed by atoms with Crippen LogP contribution in [0.25, 0.3) is 0 Å². The fourth-order valence-electron chi connectivity index (χ4n) is 3.09. The lowest BCUT2D eigenvalue weighted by Gasteiger charge is -2.22. The summed E-state index contributed by atoms with van der Waals surface area (Å²) in [6.45, 7) is 4.24. The lowest BCUT2D eigenvalue weighted by molar-refractivity contribution is 0.127. The Hall–Kier alpha value is -2.05. The Labute approximate surface area is 146 Å². The van der Waals surface area contributed by atoms with E-state index in [2.05, 4.69) is 15.2 Å². The summed E-state index contributed by atoms with van der Waals surface area (Å²) >= 11 is 0. The molecule has 2 heterocycles. The van der Waals surface area contributed by atoms with Gasteiger partial charge < -0.3 is 15.3 Å². The van der Waals surface area contributed by atoms with Crippen molar-refractivity contribution in [3.05, 3.63) is 59.3 Å². The second kappa shape index (κ2) is 7.89. The number of hydrogen-bond acceptors (Lipinski definition) is 4. The van der Waals surface area contributed by atoms with E-state index in [0.717, 1.165) is 36.6 Å². The van der Waals surface area contributed by atoms with E-state index in [9.17, 15) is 13.9 Å². The zero-order chi connectivity index (χ0) is 17.8. The van der Waals surface area contributed by atoms with Gasteiger partial charge in [-0.2, -0.15) is 0 Å². The van der Waals surface area contributed by atoms with Crippen molar-refractivity contribution in [3.63, 3.8) is 0 Å². The van der Waals surface area contributed by atoms with Gasteiger partial charge in [0.2, 0.25) is 0 Å². The third-order valence-electron chi connectivity index (χ3n) is 4.64. The van der Waals surface area contributed by atoms with Crippen LogP contribution in [0.3, 0.4) is 0 Å². The molecule has 0 unspecified atom stereocenters. The fourth-order valence-corrected chi connectivity index (χ4v) is 3.09. The first kappa shape index (κ1) is 17.8. The van der Waals surface area contributed by atoms with Crippen LogP contribution >= 0.6 is 0 Å². The van der Waals surface area contributed by atoms with Gasteiger partial charge >= 0.3 is 0 Å². The molecule has 2 aromatic rings. The van der Waals surface area contributed by atoms with Crippen molar-refractivity contribution in [2.75, 3.05) is 18.0 Å². The topological polar surface area (TPSA) is 48.4 Å². The molecule has 2 N–H and O–H groups in total. The normalized spacial score (nSPS) is 16.9. The Bertz CT molecular complexity index is 682. The van der Waals surface area contributed by atoms with Crippen LogP contribution in [0.1, 0.15) is 37.0 Å². The molecule has 0 spiro atoms. The lowest BCUT2D eigenvalue weighted by Crippen LogP contribution is -2.32. The first-order valence-corrected chi connectivity index (χ1v) is 8.61. The molecule has 25 heavy (non-hydrogen) atoms. The molecule has 6 heteroatoms. The van der Waals surface area contributed by atoms with Gasteiger partial charge in [-0.15, -0.1) is 0 Å². The Morgan fingerprint density at radius 3 is 2.44 bits per heavy atom. The van der Waals surface area contributed by atoms with Gasteiger partial charge in [-0.3, -0.25) is 0 Å². The summed E-state index contributed by atoms with van der Waals surface area (Å²) in [6, 6.07) is 7.04. The molecule has 134 valence electrons. The summed E-state index contributed by atoms with van der Waals surface area (Å²) in [5.41, 5.74) is 0.654. The number of aromatic nitrogens is 1. The van der Waals surface area contributed by atoms with Crippen LogP contribution < -0.4 is 10.2 Å². The van der Waals surface area contributed by atoms with Crippen LogP contribution in [0.2, 0.25) is 0 Å². The van der Waals surface area contributed by atoms with Crippen molar-refractivity contribution in [2.45, 2.75) is 38.5 Å². The van der Waals surface area contributed by atoms with E-state index in [1.165, 1.54) is 18.9 Å². The zero-order valence-corrected chi connectivity index (χ0v) is 14.3. The van der Waals surface area contributed by atoms with E-state index in [0.29, 0.717) is 6.54 Å². The Balaban J connectivity index is 1.59. The molecule has 0 aliphatic carbocycles. The average Bonchev–Trinajstić information content (AvgIpc) is 3.14. The van der Waals surface area contributed by atoms with Crippen LogP contribution in [0.4, 0.5) is 14.6 Å². The number of hydrogen-bond donors (Lipinski definition) is 2. The monoisotopic (exact) mass is 347 g/mol. The highest BCUT2D eigenvalue weighted by Gasteiger charge is 2.23. The second-order valence-corrected chi connectivity index (χ2v) is 6.47. The summed E-state index contributed by atoms with van der Waals surface area (Å²) in [5, 5.41) is 13.4. The minimum Gasteiger partial charge on any atom is -0.387 e. The SMILES string of the molecule is C[C@@H](NCc1ccc(N2CCCC2)nc1)[C@H](O)c1c(F)cccc1F. The number of aliphatic hydroxyl groups is 1. The molecule has 1 aliphatic rings. The van der Waals surface area contributed by atoms with Crippen LogP contribution in [0.5, 0.6) is 0 Å². The summed E-state index contributed by atoms with van der Waals surface area (Å²) in [4.78, 5) is 6.73. The molecular formula is C19H23F2N3O.